The number of nitriles is 1. The van der Waals surface area contributed by atoms with Gasteiger partial charge in [0, 0.05) is 10.4 Å². The lowest BCUT2D eigenvalue weighted by atomic mass is 10.1. The van der Waals surface area contributed by atoms with Gasteiger partial charge in [0.1, 0.15) is 6.04 Å². The molecule has 0 N–H and O–H groups in total. The number of imide groups is 1. The first-order valence-electron chi connectivity index (χ1n) is 9.75. The van der Waals surface area contributed by atoms with E-state index in [2.05, 4.69) is 0 Å². The zero-order valence-electron chi connectivity index (χ0n) is 16.8. The monoisotopic (exact) mass is 429 g/mol. The van der Waals surface area contributed by atoms with Crippen LogP contribution in [0.5, 0.6) is 0 Å². The number of benzene rings is 2. The minimum Gasteiger partial charge on any atom is -0.321 e. The highest BCUT2D eigenvalue weighted by molar-refractivity contribution is 7.09. The number of hydrogen-bond acceptors (Lipinski definition) is 5. The maximum atomic E-state index is 13.5. The molecule has 31 heavy (non-hydrogen) atoms. The maximum Gasteiger partial charge on any atom is 0.257 e. The van der Waals surface area contributed by atoms with E-state index >= 15 is 0 Å². The highest BCUT2D eigenvalue weighted by Gasteiger charge is 2.44. The van der Waals surface area contributed by atoms with Crippen molar-refractivity contribution in [2.75, 3.05) is 4.90 Å². The van der Waals surface area contributed by atoms with Crippen molar-refractivity contribution in [3.63, 3.8) is 0 Å². The molecule has 4 rings (SSSR count). The molecule has 1 atom stereocenters. The first-order valence-corrected chi connectivity index (χ1v) is 10.6. The summed E-state index contributed by atoms with van der Waals surface area (Å²) in [6.45, 7) is 2.09. The van der Waals surface area contributed by atoms with Crippen LogP contribution in [0.25, 0.3) is 0 Å². The van der Waals surface area contributed by atoms with Gasteiger partial charge in [-0.05, 0) is 54.3 Å². The van der Waals surface area contributed by atoms with Crippen LogP contribution >= 0.6 is 11.3 Å². The van der Waals surface area contributed by atoms with Crippen LogP contribution < -0.4 is 4.90 Å². The molecule has 0 saturated carbocycles. The van der Waals surface area contributed by atoms with Crippen molar-refractivity contribution in [3.8, 4) is 6.07 Å². The topological polar surface area (TPSA) is 81.5 Å². The van der Waals surface area contributed by atoms with Gasteiger partial charge in [0.2, 0.25) is 5.91 Å². The smallest absolute Gasteiger partial charge is 0.257 e. The number of hydrogen-bond donors (Lipinski definition) is 0. The second-order valence-corrected chi connectivity index (χ2v) is 8.31. The van der Waals surface area contributed by atoms with Crippen molar-refractivity contribution in [2.24, 2.45) is 0 Å². The SMILES string of the molecule is Cc1ccccc1C(=O)N(Cc1cccs1)C1CC(=O)N(c2ccc(C#N)cc2)C1=O. The lowest BCUT2D eigenvalue weighted by Gasteiger charge is -2.28. The molecule has 154 valence electrons. The molecule has 3 amide bonds. The number of amides is 3. The summed E-state index contributed by atoms with van der Waals surface area (Å²) in [5, 5.41) is 10.9. The summed E-state index contributed by atoms with van der Waals surface area (Å²) >= 11 is 1.50. The van der Waals surface area contributed by atoms with Gasteiger partial charge in [0.25, 0.3) is 11.8 Å². The average molecular weight is 430 g/mol. The van der Waals surface area contributed by atoms with E-state index in [4.69, 9.17) is 5.26 Å². The molecular weight excluding hydrogens is 410 g/mol. The van der Waals surface area contributed by atoms with Crippen molar-refractivity contribution in [2.45, 2.75) is 25.9 Å². The fourth-order valence-corrected chi connectivity index (χ4v) is 4.38. The number of anilines is 1. The molecule has 1 unspecified atom stereocenters. The van der Waals surface area contributed by atoms with Gasteiger partial charge in [-0.2, -0.15) is 5.26 Å². The molecule has 0 bridgehead atoms. The van der Waals surface area contributed by atoms with E-state index in [-0.39, 0.29) is 24.8 Å². The van der Waals surface area contributed by atoms with Gasteiger partial charge < -0.3 is 4.90 Å². The highest BCUT2D eigenvalue weighted by Crippen LogP contribution is 2.29. The number of thiophene rings is 1. The molecule has 1 aliphatic rings. The quantitative estimate of drug-likeness (QED) is 0.576. The van der Waals surface area contributed by atoms with Crippen LogP contribution in [-0.4, -0.2) is 28.7 Å². The number of aryl methyl sites for hydroxylation is 1. The zero-order valence-corrected chi connectivity index (χ0v) is 17.6. The molecular formula is C24H19N3O3S. The summed E-state index contributed by atoms with van der Waals surface area (Å²) in [6.07, 6.45) is -0.0815. The van der Waals surface area contributed by atoms with Crippen molar-refractivity contribution < 1.29 is 14.4 Å². The normalized spacial score (nSPS) is 15.7. The molecule has 2 heterocycles. The lowest BCUT2D eigenvalue weighted by molar-refractivity contribution is -0.122. The van der Waals surface area contributed by atoms with Crippen molar-refractivity contribution >= 4 is 34.7 Å². The summed E-state index contributed by atoms with van der Waals surface area (Å²) in [7, 11) is 0. The standard InChI is InChI=1S/C24H19N3O3S/c1-16-5-2-3-7-20(16)23(29)26(15-19-6-4-12-31-19)21-13-22(28)27(24(21)30)18-10-8-17(14-25)9-11-18/h2-12,21H,13,15H2,1H3. The molecule has 1 saturated heterocycles. The molecule has 6 nitrogen and oxygen atoms in total. The summed E-state index contributed by atoms with van der Waals surface area (Å²) in [5.41, 5.74) is 2.16. The Balaban J connectivity index is 1.68. The van der Waals surface area contributed by atoms with E-state index < -0.39 is 11.9 Å². The van der Waals surface area contributed by atoms with Gasteiger partial charge in [0.15, 0.2) is 0 Å². The fourth-order valence-electron chi connectivity index (χ4n) is 3.68. The fraction of sp³-hybridized carbons (Fsp3) is 0.167. The Morgan fingerprint density at radius 2 is 1.87 bits per heavy atom. The van der Waals surface area contributed by atoms with E-state index in [0.717, 1.165) is 15.3 Å². The van der Waals surface area contributed by atoms with E-state index in [9.17, 15) is 14.4 Å². The summed E-state index contributed by atoms with van der Waals surface area (Å²) in [5.74, 6) is -1.08. The molecule has 7 heteroatoms. The summed E-state index contributed by atoms with van der Waals surface area (Å²) < 4.78 is 0. The van der Waals surface area contributed by atoms with Crippen LogP contribution in [0.3, 0.4) is 0 Å². The van der Waals surface area contributed by atoms with Crippen molar-refractivity contribution in [1.82, 2.24) is 4.90 Å². The molecule has 1 fully saturated rings. The number of carbonyl (C=O) groups is 3. The number of carbonyl (C=O) groups excluding carboxylic acids is 3. The van der Waals surface area contributed by atoms with E-state index in [1.54, 1.807) is 36.4 Å². The van der Waals surface area contributed by atoms with Crippen LogP contribution in [0.4, 0.5) is 5.69 Å². The predicted octanol–water partition coefficient (Wildman–Crippen LogP) is 3.90. The van der Waals surface area contributed by atoms with Gasteiger partial charge in [-0.25, -0.2) is 4.90 Å². The van der Waals surface area contributed by atoms with E-state index in [0.29, 0.717) is 16.8 Å². The highest BCUT2D eigenvalue weighted by atomic mass is 32.1. The molecule has 3 aromatic rings. The van der Waals surface area contributed by atoms with E-state index in [1.807, 2.05) is 42.6 Å². The van der Waals surface area contributed by atoms with Crippen molar-refractivity contribution in [3.05, 3.63) is 87.6 Å². The zero-order chi connectivity index (χ0) is 22.0. The molecule has 1 aliphatic heterocycles. The predicted molar refractivity (Wildman–Crippen MR) is 117 cm³/mol. The number of nitrogens with zero attached hydrogens (tertiary/aromatic N) is 3. The minimum absolute atomic E-state index is 0.0815. The van der Waals surface area contributed by atoms with Gasteiger partial charge in [-0.3, -0.25) is 14.4 Å². The maximum absolute atomic E-state index is 13.5. The van der Waals surface area contributed by atoms with Crippen LogP contribution in [0.1, 0.15) is 32.8 Å². The summed E-state index contributed by atoms with van der Waals surface area (Å²) in [6, 6.07) is 18.4. The number of rotatable bonds is 5. The Morgan fingerprint density at radius 1 is 1.13 bits per heavy atom. The third-order valence-corrected chi connectivity index (χ3v) is 6.16. The Labute approximate surface area is 183 Å². The Morgan fingerprint density at radius 3 is 2.52 bits per heavy atom. The molecule has 1 aromatic heterocycles. The van der Waals surface area contributed by atoms with Gasteiger partial charge in [-0.15, -0.1) is 11.3 Å². The van der Waals surface area contributed by atoms with Gasteiger partial charge >= 0.3 is 0 Å². The molecule has 2 aromatic carbocycles. The molecule has 0 radical (unpaired) electrons. The van der Waals surface area contributed by atoms with Crippen LogP contribution in [0, 0.1) is 18.3 Å². The van der Waals surface area contributed by atoms with Gasteiger partial charge in [0.05, 0.1) is 30.3 Å². The van der Waals surface area contributed by atoms with Crippen LogP contribution in [0.15, 0.2) is 66.0 Å². The van der Waals surface area contributed by atoms with Crippen LogP contribution in [0.2, 0.25) is 0 Å². The minimum atomic E-state index is -0.891. The second kappa shape index (κ2) is 8.54. The Hall–Kier alpha value is -3.76. The molecule has 0 spiro atoms. The first-order chi connectivity index (χ1) is 15.0. The first kappa shape index (κ1) is 20.5. The molecule has 0 aliphatic carbocycles. The lowest BCUT2D eigenvalue weighted by Crippen LogP contribution is -2.45. The van der Waals surface area contributed by atoms with E-state index in [1.165, 1.54) is 16.2 Å². The van der Waals surface area contributed by atoms with Gasteiger partial charge in [-0.1, -0.05) is 24.3 Å². The third-order valence-electron chi connectivity index (χ3n) is 5.30. The summed E-state index contributed by atoms with van der Waals surface area (Å²) in [4.78, 5) is 43.1. The Kier molecular flexibility index (Phi) is 5.65. The largest absolute Gasteiger partial charge is 0.321 e. The Bertz CT molecular complexity index is 1180. The third kappa shape index (κ3) is 3.98. The van der Waals surface area contributed by atoms with Crippen molar-refractivity contribution in [1.29, 1.82) is 5.26 Å². The van der Waals surface area contributed by atoms with Crippen LogP contribution in [-0.2, 0) is 16.1 Å². The second-order valence-electron chi connectivity index (χ2n) is 7.27. The average Bonchev–Trinajstić information content (AvgIpc) is 3.39.